The fourth-order valence-corrected chi connectivity index (χ4v) is 4.34. The van der Waals surface area contributed by atoms with Crippen LogP contribution in [0.1, 0.15) is 41.5 Å². The maximum absolute atomic E-state index is 13.7. The van der Waals surface area contributed by atoms with Gasteiger partial charge in [0.15, 0.2) is 0 Å². The number of rotatable bonds is 5. The molecular weight excluding hydrogens is 445 g/mol. The molecule has 2 atom stereocenters. The van der Waals surface area contributed by atoms with Crippen LogP contribution in [0.2, 0.25) is 0 Å². The summed E-state index contributed by atoms with van der Waals surface area (Å²) in [5.41, 5.74) is 1.85. The van der Waals surface area contributed by atoms with Crippen LogP contribution in [0, 0.1) is 12.8 Å². The standard InChI is InChI=1S/C24H27F3N6O/c1-15-5-4-10-33(20(15)13-29-21-9-7-18(12-28-21)24(25,26)27)23(34)22-19(8-6-16(2)31-22)17-11-30-32(3)14-17/h6-9,11-12,14-15,20H,4-5,10,13H2,1-3H3,(H,28,29)/t15-,20-/m1/s1. The van der Waals surface area contributed by atoms with Crippen LogP contribution >= 0.6 is 0 Å². The van der Waals surface area contributed by atoms with E-state index in [1.54, 1.807) is 10.9 Å². The molecule has 0 bridgehead atoms. The van der Waals surface area contributed by atoms with Gasteiger partial charge in [0.05, 0.1) is 17.8 Å². The molecule has 0 aliphatic carbocycles. The number of pyridine rings is 2. The summed E-state index contributed by atoms with van der Waals surface area (Å²) in [5.74, 6) is 0.371. The van der Waals surface area contributed by atoms with Crippen molar-refractivity contribution in [1.82, 2.24) is 24.6 Å². The van der Waals surface area contributed by atoms with Crippen molar-refractivity contribution in [1.29, 1.82) is 0 Å². The monoisotopic (exact) mass is 472 g/mol. The highest BCUT2D eigenvalue weighted by molar-refractivity contribution is 5.99. The van der Waals surface area contributed by atoms with E-state index in [1.807, 2.05) is 37.2 Å². The molecule has 1 N–H and O–H groups in total. The Kier molecular flexibility index (Phi) is 6.58. The van der Waals surface area contributed by atoms with Gasteiger partial charge in [0.25, 0.3) is 5.91 Å². The van der Waals surface area contributed by atoms with Crippen molar-refractivity contribution in [3.05, 3.63) is 59.8 Å². The molecule has 1 aliphatic rings. The first-order chi connectivity index (χ1) is 16.1. The second-order valence-corrected chi connectivity index (χ2v) is 8.75. The van der Waals surface area contributed by atoms with Crippen LogP contribution in [0.4, 0.5) is 19.0 Å². The van der Waals surface area contributed by atoms with E-state index in [9.17, 15) is 18.0 Å². The lowest BCUT2D eigenvalue weighted by Crippen LogP contribution is -2.51. The topological polar surface area (TPSA) is 75.9 Å². The van der Waals surface area contributed by atoms with Gasteiger partial charge in [-0.25, -0.2) is 9.97 Å². The Morgan fingerprint density at radius 3 is 2.65 bits per heavy atom. The van der Waals surface area contributed by atoms with Crippen molar-refractivity contribution in [2.75, 3.05) is 18.4 Å². The molecule has 10 heteroatoms. The van der Waals surface area contributed by atoms with Crippen molar-refractivity contribution >= 4 is 11.7 Å². The highest BCUT2D eigenvalue weighted by atomic mass is 19.4. The number of likely N-dealkylation sites (tertiary alicyclic amines) is 1. The van der Waals surface area contributed by atoms with Gasteiger partial charge in [0.1, 0.15) is 11.5 Å². The molecule has 0 spiro atoms. The Morgan fingerprint density at radius 1 is 1.21 bits per heavy atom. The van der Waals surface area contributed by atoms with Crippen molar-refractivity contribution < 1.29 is 18.0 Å². The lowest BCUT2D eigenvalue weighted by atomic mass is 9.90. The number of nitrogens with one attached hydrogen (secondary N) is 1. The Hall–Kier alpha value is -3.43. The van der Waals surface area contributed by atoms with Crippen LogP contribution in [0.3, 0.4) is 0 Å². The Bertz CT molecular complexity index is 1160. The SMILES string of the molecule is Cc1ccc(-c2cnn(C)c2)c(C(=O)N2CCC[C@@H](C)[C@H]2CNc2ccc(C(F)(F)F)cn2)n1. The zero-order valence-corrected chi connectivity index (χ0v) is 19.3. The fourth-order valence-electron chi connectivity index (χ4n) is 4.34. The van der Waals surface area contributed by atoms with Crippen LogP contribution < -0.4 is 5.32 Å². The average molecular weight is 473 g/mol. The summed E-state index contributed by atoms with van der Waals surface area (Å²) in [5, 5.41) is 7.33. The normalized spacial score (nSPS) is 18.7. The molecule has 4 rings (SSSR count). The molecule has 1 aliphatic heterocycles. The van der Waals surface area contributed by atoms with Gasteiger partial charge in [-0.1, -0.05) is 13.0 Å². The molecule has 0 saturated carbocycles. The first kappa shape index (κ1) is 23.7. The third-order valence-corrected chi connectivity index (χ3v) is 6.21. The molecule has 1 amide bonds. The molecule has 0 unspecified atom stereocenters. The second kappa shape index (κ2) is 9.44. The van der Waals surface area contributed by atoms with E-state index < -0.39 is 11.7 Å². The molecule has 0 radical (unpaired) electrons. The lowest BCUT2D eigenvalue weighted by molar-refractivity contribution is -0.137. The highest BCUT2D eigenvalue weighted by Crippen LogP contribution is 2.30. The zero-order chi connectivity index (χ0) is 24.5. The lowest BCUT2D eigenvalue weighted by Gasteiger charge is -2.40. The van der Waals surface area contributed by atoms with Gasteiger partial charge < -0.3 is 10.2 Å². The van der Waals surface area contributed by atoms with Crippen LogP contribution in [0.15, 0.2) is 42.9 Å². The van der Waals surface area contributed by atoms with E-state index in [0.717, 1.165) is 41.9 Å². The predicted molar refractivity (Wildman–Crippen MR) is 122 cm³/mol. The number of piperidine rings is 1. The zero-order valence-electron chi connectivity index (χ0n) is 19.3. The van der Waals surface area contributed by atoms with Crippen LogP contribution in [-0.4, -0.2) is 49.7 Å². The molecule has 1 fully saturated rings. The molecule has 34 heavy (non-hydrogen) atoms. The van der Waals surface area contributed by atoms with E-state index in [2.05, 4.69) is 27.3 Å². The Balaban J connectivity index is 1.57. The number of aromatic nitrogens is 4. The fraction of sp³-hybridized carbons (Fsp3) is 0.417. The third-order valence-electron chi connectivity index (χ3n) is 6.21. The number of anilines is 1. The smallest absolute Gasteiger partial charge is 0.368 e. The van der Waals surface area contributed by atoms with Crippen molar-refractivity contribution in [3.8, 4) is 11.1 Å². The maximum Gasteiger partial charge on any atom is 0.417 e. The van der Waals surface area contributed by atoms with E-state index >= 15 is 0 Å². The molecule has 0 aromatic carbocycles. The predicted octanol–water partition coefficient (Wildman–Crippen LogP) is 4.56. The van der Waals surface area contributed by atoms with E-state index in [-0.39, 0.29) is 17.9 Å². The minimum atomic E-state index is -4.43. The molecule has 1 saturated heterocycles. The minimum Gasteiger partial charge on any atom is -0.368 e. The van der Waals surface area contributed by atoms with Gasteiger partial charge in [-0.15, -0.1) is 0 Å². The van der Waals surface area contributed by atoms with Crippen molar-refractivity contribution in [3.63, 3.8) is 0 Å². The van der Waals surface area contributed by atoms with Gasteiger partial charge in [-0.2, -0.15) is 18.3 Å². The number of carbonyl (C=O) groups excluding carboxylic acids is 1. The van der Waals surface area contributed by atoms with Gasteiger partial charge in [0, 0.05) is 49.4 Å². The first-order valence-corrected chi connectivity index (χ1v) is 11.2. The molecular formula is C24H27F3N6O. The van der Waals surface area contributed by atoms with Crippen LogP contribution in [0.25, 0.3) is 11.1 Å². The molecule has 4 heterocycles. The maximum atomic E-state index is 13.7. The van der Waals surface area contributed by atoms with E-state index in [1.165, 1.54) is 6.07 Å². The number of carbonyl (C=O) groups is 1. The summed E-state index contributed by atoms with van der Waals surface area (Å²) in [7, 11) is 1.82. The van der Waals surface area contributed by atoms with Crippen molar-refractivity contribution in [2.24, 2.45) is 13.0 Å². The number of alkyl halides is 3. The van der Waals surface area contributed by atoms with Gasteiger partial charge in [0.2, 0.25) is 0 Å². The van der Waals surface area contributed by atoms with Crippen LogP contribution in [-0.2, 0) is 13.2 Å². The number of hydrogen-bond donors (Lipinski definition) is 1. The molecule has 180 valence electrons. The summed E-state index contributed by atoms with van der Waals surface area (Å²) >= 11 is 0. The summed E-state index contributed by atoms with van der Waals surface area (Å²) in [6, 6.07) is 5.91. The minimum absolute atomic E-state index is 0.158. The Morgan fingerprint density at radius 2 is 2.00 bits per heavy atom. The molecule has 7 nitrogen and oxygen atoms in total. The summed E-state index contributed by atoms with van der Waals surface area (Å²) in [4.78, 5) is 24.0. The number of halogens is 3. The largest absolute Gasteiger partial charge is 0.417 e. The highest BCUT2D eigenvalue weighted by Gasteiger charge is 2.34. The van der Waals surface area contributed by atoms with E-state index in [4.69, 9.17) is 0 Å². The molecule has 3 aromatic rings. The number of aryl methyl sites for hydroxylation is 2. The van der Waals surface area contributed by atoms with Gasteiger partial charge in [-0.05, 0) is 43.9 Å². The van der Waals surface area contributed by atoms with Gasteiger partial charge in [-0.3, -0.25) is 9.48 Å². The van der Waals surface area contributed by atoms with Crippen molar-refractivity contribution in [2.45, 2.75) is 38.9 Å². The number of nitrogens with zero attached hydrogens (tertiary/aromatic N) is 5. The van der Waals surface area contributed by atoms with E-state index in [0.29, 0.717) is 24.6 Å². The summed E-state index contributed by atoms with van der Waals surface area (Å²) < 4.78 is 40.1. The quantitative estimate of drug-likeness (QED) is 0.589. The average Bonchev–Trinajstić information content (AvgIpc) is 3.23. The number of hydrogen-bond acceptors (Lipinski definition) is 5. The number of amides is 1. The summed E-state index contributed by atoms with van der Waals surface area (Å²) in [6.45, 7) is 4.88. The van der Waals surface area contributed by atoms with Crippen LogP contribution in [0.5, 0.6) is 0 Å². The summed E-state index contributed by atoms with van der Waals surface area (Å²) in [6.07, 6.45) is 1.75. The second-order valence-electron chi connectivity index (χ2n) is 8.75. The third kappa shape index (κ3) is 5.05. The van der Waals surface area contributed by atoms with Gasteiger partial charge >= 0.3 is 6.18 Å². The Labute approximate surface area is 196 Å². The molecule has 3 aromatic heterocycles. The first-order valence-electron chi connectivity index (χ1n) is 11.2.